The van der Waals surface area contributed by atoms with Gasteiger partial charge in [-0.15, -0.1) is 0 Å². The van der Waals surface area contributed by atoms with E-state index in [2.05, 4.69) is 64.0 Å². The second kappa shape index (κ2) is 9.65. The molecule has 1 saturated heterocycles. The van der Waals surface area contributed by atoms with Gasteiger partial charge in [0.25, 0.3) is 0 Å². The molecule has 0 amide bonds. The van der Waals surface area contributed by atoms with Gasteiger partial charge in [0, 0.05) is 30.2 Å². The number of nitrogens with one attached hydrogen (secondary N) is 3. The molecule has 0 radical (unpaired) electrons. The number of nitrogens with zero attached hydrogens (tertiary/aromatic N) is 2. The number of hydrogen-bond acceptors (Lipinski definition) is 3. The highest BCUT2D eigenvalue weighted by Gasteiger charge is 2.25. The first-order valence-electron chi connectivity index (χ1n) is 10.7. The zero-order valence-corrected chi connectivity index (χ0v) is 17.2. The fraction of sp³-hybridized carbons (Fsp3) is 0.435. The fourth-order valence-electron chi connectivity index (χ4n) is 4.09. The number of fused-ring (bicyclic) bond motifs is 1. The van der Waals surface area contributed by atoms with Crippen molar-refractivity contribution < 1.29 is 4.42 Å². The summed E-state index contributed by atoms with van der Waals surface area (Å²) in [5.74, 6) is 1.87. The molecular weight excluding hydrogens is 362 g/mol. The average Bonchev–Trinajstić information content (AvgIpc) is 3.51. The lowest BCUT2D eigenvalue weighted by atomic mass is 10.1. The van der Waals surface area contributed by atoms with Crippen molar-refractivity contribution in [3.8, 4) is 0 Å². The van der Waals surface area contributed by atoms with Crippen LogP contribution in [-0.2, 0) is 6.42 Å². The van der Waals surface area contributed by atoms with Crippen LogP contribution in [0.3, 0.4) is 0 Å². The lowest BCUT2D eigenvalue weighted by Crippen LogP contribution is -2.39. The minimum absolute atomic E-state index is 0.205. The summed E-state index contributed by atoms with van der Waals surface area (Å²) in [6, 6.07) is 12.7. The lowest BCUT2D eigenvalue weighted by molar-refractivity contribution is 0.221. The first-order valence-corrected chi connectivity index (χ1v) is 10.7. The van der Waals surface area contributed by atoms with Gasteiger partial charge in [0.1, 0.15) is 5.76 Å². The molecule has 6 heteroatoms. The van der Waals surface area contributed by atoms with Gasteiger partial charge in [0.05, 0.1) is 18.8 Å². The standard InChI is InChI=1S/C23H31N5O/c1-2-24-23(25-12-11-18-16-26-20-9-4-3-8-19(18)20)27-17-21(22-10-7-15-29-22)28-13-5-6-14-28/h3-4,7-10,15-16,21,26H,2,5-6,11-14,17H2,1H3,(H2,24,25,27). The third-order valence-electron chi connectivity index (χ3n) is 5.58. The number of aromatic nitrogens is 1. The van der Waals surface area contributed by atoms with Crippen LogP contribution in [0, 0.1) is 0 Å². The van der Waals surface area contributed by atoms with Crippen molar-refractivity contribution >= 4 is 16.9 Å². The second-order valence-electron chi connectivity index (χ2n) is 7.53. The SMILES string of the molecule is CCNC(=NCC(c1ccco1)N1CCCC1)NCCc1c[nH]c2ccccc12. The van der Waals surface area contributed by atoms with Crippen LogP contribution in [0.5, 0.6) is 0 Å². The summed E-state index contributed by atoms with van der Waals surface area (Å²) in [6.45, 7) is 6.70. The number of hydrogen-bond donors (Lipinski definition) is 3. The third kappa shape index (κ3) is 4.82. The number of H-pyrrole nitrogens is 1. The molecule has 3 N–H and O–H groups in total. The highest BCUT2D eigenvalue weighted by Crippen LogP contribution is 2.25. The van der Waals surface area contributed by atoms with Gasteiger partial charge in [0.2, 0.25) is 0 Å². The van der Waals surface area contributed by atoms with E-state index in [-0.39, 0.29) is 6.04 Å². The molecule has 3 aromatic rings. The predicted octanol–water partition coefficient (Wildman–Crippen LogP) is 3.70. The number of aliphatic imine (C=N–C) groups is 1. The number of benzene rings is 1. The Morgan fingerprint density at radius 3 is 2.83 bits per heavy atom. The van der Waals surface area contributed by atoms with Gasteiger partial charge in [-0.3, -0.25) is 9.89 Å². The van der Waals surface area contributed by atoms with Gasteiger partial charge in [-0.05, 0) is 63.0 Å². The van der Waals surface area contributed by atoms with Crippen LogP contribution in [0.2, 0.25) is 0 Å². The normalized spacial score (nSPS) is 16.4. The third-order valence-corrected chi connectivity index (χ3v) is 5.58. The van der Waals surface area contributed by atoms with E-state index in [4.69, 9.17) is 9.41 Å². The number of aromatic amines is 1. The van der Waals surface area contributed by atoms with Crippen LogP contribution in [0.1, 0.15) is 37.1 Å². The Hall–Kier alpha value is -2.73. The van der Waals surface area contributed by atoms with E-state index >= 15 is 0 Å². The Labute approximate surface area is 172 Å². The minimum atomic E-state index is 0.205. The van der Waals surface area contributed by atoms with Crippen molar-refractivity contribution in [1.82, 2.24) is 20.5 Å². The first kappa shape index (κ1) is 19.6. The molecule has 1 atom stereocenters. The van der Waals surface area contributed by atoms with E-state index in [1.54, 1.807) is 6.26 Å². The van der Waals surface area contributed by atoms with Gasteiger partial charge >= 0.3 is 0 Å². The Kier molecular flexibility index (Phi) is 6.52. The van der Waals surface area contributed by atoms with Crippen LogP contribution in [0.4, 0.5) is 0 Å². The van der Waals surface area contributed by atoms with Crippen LogP contribution in [-0.4, -0.2) is 48.6 Å². The maximum atomic E-state index is 5.72. The Balaban J connectivity index is 1.38. The van der Waals surface area contributed by atoms with Gasteiger partial charge in [0.15, 0.2) is 5.96 Å². The first-order chi connectivity index (χ1) is 14.3. The zero-order valence-electron chi connectivity index (χ0n) is 17.2. The number of furan rings is 1. The summed E-state index contributed by atoms with van der Waals surface area (Å²) in [5.41, 5.74) is 2.52. The van der Waals surface area contributed by atoms with Crippen LogP contribution < -0.4 is 10.6 Å². The molecule has 1 aromatic carbocycles. The van der Waals surface area contributed by atoms with E-state index in [0.717, 1.165) is 44.3 Å². The zero-order chi connectivity index (χ0) is 19.9. The highest BCUT2D eigenvalue weighted by atomic mass is 16.3. The molecule has 0 bridgehead atoms. The van der Waals surface area contributed by atoms with Crippen LogP contribution >= 0.6 is 0 Å². The summed E-state index contributed by atoms with van der Waals surface area (Å²) < 4.78 is 5.72. The second-order valence-corrected chi connectivity index (χ2v) is 7.53. The van der Waals surface area contributed by atoms with Crippen LogP contribution in [0.15, 0.2) is 58.3 Å². The maximum Gasteiger partial charge on any atom is 0.191 e. The maximum absolute atomic E-state index is 5.72. The molecule has 0 saturated carbocycles. The fourth-order valence-corrected chi connectivity index (χ4v) is 4.09. The Morgan fingerprint density at radius 2 is 2.03 bits per heavy atom. The summed E-state index contributed by atoms with van der Waals surface area (Å²) >= 11 is 0. The molecule has 0 spiro atoms. The van der Waals surface area contributed by atoms with Crippen LogP contribution in [0.25, 0.3) is 10.9 Å². The minimum Gasteiger partial charge on any atom is -0.468 e. The largest absolute Gasteiger partial charge is 0.468 e. The summed E-state index contributed by atoms with van der Waals surface area (Å²) in [5, 5.41) is 8.16. The highest BCUT2D eigenvalue weighted by molar-refractivity contribution is 5.83. The monoisotopic (exact) mass is 393 g/mol. The van der Waals surface area contributed by atoms with Gasteiger partial charge in [-0.25, -0.2) is 0 Å². The van der Waals surface area contributed by atoms with Crippen molar-refractivity contribution in [2.24, 2.45) is 4.99 Å². The molecule has 29 heavy (non-hydrogen) atoms. The van der Waals surface area contributed by atoms with Crippen molar-refractivity contribution in [1.29, 1.82) is 0 Å². The number of likely N-dealkylation sites (tertiary alicyclic amines) is 1. The number of para-hydroxylation sites is 1. The summed E-state index contributed by atoms with van der Waals surface area (Å²) in [7, 11) is 0. The van der Waals surface area contributed by atoms with Crippen molar-refractivity contribution in [3.63, 3.8) is 0 Å². The van der Waals surface area contributed by atoms with Gasteiger partial charge in [-0.2, -0.15) is 0 Å². The quantitative estimate of drug-likeness (QED) is 0.403. The Morgan fingerprint density at radius 1 is 1.17 bits per heavy atom. The van der Waals surface area contributed by atoms with E-state index in [0.29, 0.717) is 6.54 Å². The molecule has 6 nitrogen and oxygen atoms in total. The smallest absolute Gasteiger partial charge is 0.191 e. The van der Waals surface area contributed by atoms with Crippen molar-refractivity contribution in [3.05, 3.63) is 60.2 Å². The number of guanidine groups is 1. The van der Waals surface area contributed by atoms with Gasteiger partial charge in [-0.1, -0.05) is 18.2 Å². The van der Waals surface area contributed by atoms with E-state index < -0.39 is 0 Å². The molecule has 1 aliphatic rings. The van der Waals surface area contributed by atoms with E-state index in [9.17, 15) is 0 Å². The molecule has 4 rings (SSSR count). The van der Waals surface area contributed by atoms with E-state index in [1.165, 1.54) is 29.3 Å². The molecular formula is C23H31N5O. The topological polar surface area (TPSA) is 68.6 Å². The predicted molar refractivity (Wildman–Crippen MR) is 118 cm³/mol. The molecule has 0 aliphatic carbocycles. The molecule has 3 heterocycles. The van der Waals surface area contributed by atoms with Gasteiger partial charge < -0.3 is 20.0 Å². The Bertz CT molecular complexity index is 908. The molecule has 1 aliphatic heterocycles. The molecule has 154 valence electrons. The molecule has 2 aromatic heterocycles. The molecule has 1 unspecified atom stereocenters. The number of rotatable bonds is 8. The van der Waals surface area contributed by atoms with Crippen molar-refractivity contribution in [2.75, 3.05) is 32.7 Å². The lowest BCUT2D eigenvalue weighted by Gasteiger charge is -2.24. The summed E-state index contributed by atoms with van der Waals surface area (Å²) in [4.78, 5) is 10.7. The van der Waals surface area contributed by atoms with Crippen molar-refractivity contribution in [2.45, 2.75) is 32.2 Å². The van der Waals surface area contributed by atoms with E-state index in [1.807, 2.05) is 6.07 Å². The molecule has 1 fully saturated rings. The average molecular weight is 394 g/mol. The summed E-state index contributed by atoms with van der Waals surface area (Å²) in [6.07, 6.45) is 7.32.